The van der Waals surface area contributed by atoms with E-state index in [0.29, 0.717) is 0 Å². The van der Waals surface area contributed by atoms with Gasteiger partial charge in [-0.15, -0.1) is 24.8 Å². The molecule has 2 aliphatic carbocycles. The molecule has 27 heavy (non-hydrogen) atoms. The van der Waals surface area contributed by atoms with Gasteiger partial charge in [0.2, 0.25) is 0 Å². The Bertz CT molecular complexity index is 495. The van der Waals surface area contributed by atoms with Crippen LogP contribution in [0.1, 0.15) is 91.9 Å². The van der Waals surface area contributed by atoms with Crippen LogP contribution in [0, 0.1) is 11.8 Å². The zero-order valence-corrected chi connectivity index (χ0v) is 21.9. The van der Waals surface area contributed by atoms with Gasteiger partial charge in [0.25, 0.3) is 0 Å². The number of halogens is 2. The van der Waals surface area contributed by atoms with Crippen molar-refractivity contribution < 1.29 is 23.2 Å². The van der Waals surface area contributed by atoms with Gasteiger partial charge in [-0.2, -0.15) is 0 Å². The van der Waals surface area contributed by atoms with Crippen LogP contribution in [-0.2, 0) is 23.2 Å². The Kier molecular flexibility index (Phi) is 15.5. The molecule has 0 fully saturated rings. The first-order chi connectivity index (χ1) is 12.2. The molecule has 0 radical (unpaired) electrons. The molecule has 0 aromatic carbocycles. The fourth-order valence-corrected chi connectivity index (χ4v) is 8.42. The topological polar surface area (TPSA) is 0 Å². The van der Waals surface area contributed by atoms with Gasteiger partial charge in [0, 0.05) is 0 Å². The van der Waals surface area contributed by atoms with Gasteiger partial charge < -0.3 is 0 Å². The summed E-state index contributed by atoms with van der Waals surface area (Å²) in [5.41, 5.74) is 3.47. The standard InChI is InChI=1S/2C12H19.2ClH.Zr/c2*1-3-4-5-8-11(2)12-9-6-7-10-12;;;/h2*6,9,11H,3-5,7-8H2,1-2H3;2*1H;. The molecule has 0 aromatic heterocycles. The van der Waals surface area contributed by atoms with Crippen LogP contribution < -0.4 is 0 Å². The minimum Gasteiger partial charge on any atom is -0.147 e. The molecular weight excluding hydrogens is 450 g/mol. The normalized spacial score (nSPS) is 17.8. The smallest absolute Gasteiger partial charge is 0.147 e. The van der Waals surface area contributed by atoms with E-state index in [2.05, 4.69) is 52.0 Å². The summed E-state index contributed by atoms with van der Waals surface area (Å²) in [6, 6.07) is 0. The van der Waals surface area contributed by atoms with Crippen molar-refractivity contribution >= 4 is 24.8 Å². The zero-order valence-electron chi connectivity index (χ0n) is 17.9. The third kappa shape index (κ3) is 8.76. The summed E-state index contributed by atoms with van der Waals surface area (Å²) < 4.78 is 3.76. The Hall–Kier alpha value is 0.423. The van der Waals surface area contributed by atoms with E-state index < -0.39 is 23.2 Å². The average Bonchev–Trinajstić information content (AvgIpc) is 3.25. The molecule has 2 aliphatic rings. The van der Waals surface area contributed by atoms with Gasteiger partial charge in [-0.1, -0.05) is 0 Å². The molecule has 0 saturated heterocycles. The van der Waals surface area contributed by atoms with E-state index in [0.717, 1.165) is 11.8 Å². The molecule has 0 bridgehead atoms. The summed E-state index contributed by atoms with van der Waals surface area (Å²) in [5.74, 6) is 1.56. The average molecular weight is 491 g/mol. The summed E-state index contributed by atoms with van der Waals surface area (Å²) in [5, 5.41) is 0. The molecule has 2 unspecified atom stereocenters. The van der Waals surface area contributed by atoms with Gasteiger partial charge >= 0.3 is 169 Å². The predicted octanol–water partition coefficient (Wildman–Crippen LogP) is 8.77. The Balaban J connectivity index is 0.00000338. The quantitative estimate of drug-likeness (QED) is 0.240. The number of hydrogen-bond acceptors (Lipinski definition) is 0. The largest absolute Gasteiger partial charge is 0.147 e. The van der Waals surface area contributed by atoms with Crippen molar-refractivity contribution in [2.24, 2.45) is 11.8 Å². The van der Waals surface area contributed by atoms with Gasteiger partial charge in [-0.05, 0) is 0 Å². The SMILES string of the molecule is CCCCCC(C)C1=[C]([Zr][C]2=C(C(C)CCCCC)C=CC2)CC=C1.Cl.Cl. The second kappa shape index (κ2) is 15.3. The molecule has 0 aliphatic heterocycles. The molecule has 0 heterocycles. The van der Waals surface area contributed by atoms with Crippen molar-refractivity contribution in [1.82, 2.24) is 0 Å². The molecule has 154 valence electrons. The molecule has 2 atom stereocenters. The van der Waals surface area contributed by atoms with E-state index in [1.54, 1.807) is 11.1 Å². The van der Waals surface area contributed by atoms with Crippen LogP contribution in [0.15, 0.2) is 42.0 Å². The molecule has 2 rings (SSSR count). The Morgan fingerprint density at radius 3 is 1.52 bits per heavy atom. The second-order valence-electron chi connectivity index (χ2n) is 8.00. The van der Waals surface area contributed by atoms with Crippen LogP contribution in [0.2, 0.25) is 0 Å². The van der Waals surface area contributed by atoms with E-state index in [4.69, 9.17) is 0 Å². The van der Waals surface area contributed by atoms with Gasteiger partial charge in [-0.3, -0.25) is 0 Å². The minimum absolute atomic E-state index is 0. The van der Waals surface area contributed by atoms with Crippen molar-refractivity contribution in [3.8, 4) is 0 Å². The van der Waals surface area contributed by atoms with Crippen molar-refractivity contribution in [1.29, 1.82) is 0 Å². The number of unbranched alkanes of at least 4 members (excludes halogenated alkanes) is 4. The summed E-state index contributed by atoms with van der Waals surface area (Å²) in [6.07, 6.45) is 23.4. The predicted molar refractivity (Wildman–Crippen MR) is 123 cm³/mol. The van der Waals surface area contributed by atoms with Crippen LogP contribution in [0.5, 0.6) is 0 Å². The van der Waals surface area contributed by atoms with Crippen LogP contribution >= 0.6 is 24.8 Å². The molecule has 3 heteroatoms. The number of rotatable bonds is 12. The first-order valence-corrected chi connectivity index (χ1v) is 13.2. The molecule has 0 spiro atoms. The number of allylic oxidation sites excluding steroid dienone is 8. The van der Waals surface area contributed by atoms with Gasteiger partial charge in [-0.25, -0.2) is 0 Å². The van der Waals surface area contributed by atoms with E-state index >= 15 is 0 Å². The summed E-state index contributed by atoms with van der Waals surface area (Å²) in [4.78, 5) is 0. The summed E-state index contributed by atoms with van der Waals surface area (Å²) >= 11 is -0.566. The van der Waals surface area contributed by atoms with Crippen molar-refractivity contribution in [3.05, 3.63) is 42.0 Å². The maximum absolute atomic E-state index is 2.47. The summed E-state index contributed by atoms with van der Waals surface area (Å²) in [6.45, 7) is 9.55. The molecule has 0 nitrogen and oxygen atoms in total. The third-order valence-electron chi connectivity index (χ3n) is 5.78. The van der Waals surface area contributed by atoms with Gasteiger partial charge in [0.15, 0.2) is 0 Å². The molecule has 0 aromatic rings. The Labute approximate surface area is 192 Å². The van der Waals surface area contributed by atoms with Crippen molar-refractivity contribution in [2.45, 2.75) is 91.9 Å². The summed E-state index contributed by atoms with van der Waals surface area (Å²) in [7, 11) is 0. The van der Waals surface area contributed by atoms with Crippen molar-refractivity contribution in [2.75, 3.05) is 0 Å². The second-order valence-corrected chi connectivity index (χ2v) is 11.6. The maximum Gasteiger partial charge on any atom is -0.147 e. The molecule has 0 saturated carbocycles. The van der Waals surface area contributed by atoms with Crippen molar-refractivity contribution in [3.63, 3.8) is 0 Å². The van der Waals surface area contributed by atoms with Gasteiger partial charge in [0.05, 0.1) is 0 Å². The van der Waals surface area contributed by atoms with Crippen LogP contribution in [0.4, 0.5) is 0 Å². The first kappa shape index (κ1) is 27.4. The molecule has 0 N–H and O–H groups in total. The van der Waals surface area contributed by atoms with E-state index in [1.807, 2.05) is 6.56 Å². The fourth-order valence-electron chi connectivity index (χ4n) is 4.11. The Morgan fingerprint density at radius 2 is 1.15 bits per heavy atom. The Morgan fingerprint density at radius 1 is 0.741 bits per heavy atom. The third-order valence-corrected chi connectivity index (χ3v) is 9.69. The van der Waals surface area contributed by atoms with E-state index in [-0.39, 0.29) is 24.8 Å². The monoisotopic (exact) mass is 488 g/mol. The molecular formula is C24H40Cl2Zr. The van der Waals surface area contributed by atoms with Gasteiger partial charge in [0.1, 0.15) is 0 Å². The van der Waals surface area contributed by atoms with E-state index in [1.165, 1.54) is 64.2 Å². The van der Waals surface area contributed by atoms with Crippen LogP contribution in [0.25, 0.3) is 0 Å². The first-order valence-electron chi connectivity index (χ1n) is 10.7. The maximum atomic E-state index is 2.47. The fraction of sp³-hybridized carbons (Fsp3) is 0.667. The van der Waals surface area contributed by atoms with Crippen LogP contribution in [0.3, 0.4) is 0 Å². The van der Waals surface area contributed by atoms with E-state index in [9.17, 15) is 0 Å². The number of hydrogen-bond donors (Lipinski definition) is 0. The minimum atomic E-state index is -0.566. The zero-order chi connectivity index (χ0) is 18.1. The van der Waals surface area contributed by atoms with Crippen LogP contribution in [-0.4, -0.2) is 0 Å². The molecule has 0 amide bonds.